The minimum Gasteiger partial charge on any atom is -0.348 e. The average molecular weight is 407 g/mol. The summed E-state index contributed by atoms with van der Waals surface area (Å²) in [4.78, 5) is 12.5. The fourth-order valence-electron chi connectivity index (χ4n) is 2.78. The topological polar surface area (TPSA) is 66.5 Å². The summed E-state index contributed by atoms with van der Waals surface area (Å²) < 4.78 is 38.6. The van der Waals surface area contributed by atoms with E-state index in [1.54, 1.807) is 31.2 Å². The summed E-state index contributed by atoms with van der Waals surface area (Å²) in [5.41, 5.74) is 2.17. The molecule has 1 N–H and O–H groups in total. The number of amides is 1. The van der Waals surface area contributed by atoms with Crippen LogP contribution in [0.4, 0.5) is 10.1 Å². The van der Waals surface area contributed by atoms with E-state index < -0.39 is 15.9 Å². The lowest BCUT2D eigenvalue weighted by molar-refractivity contribution is -0.120. The molecular formula is C21H27FN2O3S. The van der Waals surface area contributed by atoms with Crippen molar-refractivity contribution in [3.63, 3.8) is 0 Å². The van der Waals surface area contributed by atoms with Gasteiger partial charge in [0.15, 0.2) is 0 Å². The smallest absolute Gasteiger partial charge is 0.241 e. The fraction of sp³-hybridized carbons (Fsp3) is 0.381. The first-order valence-corrected chi connectivity index (χ1v) is 10.9. The summed E-state index contributed by atoms with van der Waals surface area (Å²) in [7, 11) is -3.64. The van der Waals surface area contributed by atoms with Crippen LogP contribution in [0.1, 0.15) is 44.9 Å². The van der Waals surface area contributed by atoms with E-state index in [9.17, 15) is 17.6 Å². The lowest BCUT2D eigenvalue weighted by Crippen LogP contribution is -2.41. The molecule has 0 radical (unpaired) electrons. The number of carbonyl (C=O) groups excluding carboxylic acids is 1. The highest BCUT2D eigenvalue weighted by Crippen LogP contribution is 2.26. The van der Waals surface area contributed by atoms with Crippen molar-refractivity contribution in [2.45, 2.75) is 39.2 Å². The number of hydrogen-bond donors (Lipinski definition) is 1. The molecular weight excluding hydrogens is 379 g/mol. The largest absolute Gasteiger partial charge is 0.348 e. The van der Waals surface area contributed by atoms with Gasteiger partial charge in [0, 0.05) is 0 Å². The minimum absolute atomic E-state index is 0.0591. The fourth-order valence-corrected chi connectivity index (χ4v) is 3.64. The Kier molecular flexibility index (Phi) is 6.49. The quantitative estimate of drug-likeness (QED) is 0.794. The van der Waals surface area contributed by atoms with Crippen molar-refractivity contribution in [2.24, 2.45) is 0 Å². The second-order valence-corrected chi connectivity index (χ2v) is 9.81. The predicted octanol–water partition coefficient (Wildman–Crippen LogP) is 3.77. The van der Waals surface area contributed by atoms with Crippen LogP contribution in [0.15, 0.2) is 48.5 Å². The average Bonchev–Trinajstić information content (AvgIpc) is 2.58. The third-order valence-electron chi connectivity index (χ3n) is 4.46. The molecule has 0 saturated heterocycles. The number of nitrogens with zero attached hydrogens (tertiary/aromatic N) is 1. The molecule has 5 nitrogen and oxygen atoms in total. The van der Waals surface area contributed by atoms with Crippen LogP contribution in [0, 0.1) is 5.82 Å². The van der Waals surface area contributed by atoms with Gasteiger partial charge in [-0.15, -0.1) is 0 Å². The molecule has 0 unspecified atom stereocenters. The Hall–Kier alpha value is -2.41. The first-order chi connectivity index (χ1) is 12.9. The molecule has 2 rings (SSSR count). The number of anilines is 1. The van der Waals surface area contributed by atoms with E-state index in [0.29, 0.717) is 5.69 Å². The summed E-state index contributed by atoms with van der Waals surface area (Å²) in [6, 6.07) is 12.6. The number of benzene rings is 2. The number of nitrogens with one attached hydrogen (secondary N) is 1. The Bertz CT molecular complexity index is 918. The Morgan fingerprint density at radius 2 is 1.61 bits per heavy atom. The van der Waals surface area contributed by atoms with Gasteiger partial charge in [0.05, 0.1) is 18.0 Å². The molecule has 1 amide bonds. The highest BCUT2D eigenvalue weighted by atomic mass is 32.2. The zero-order chi connectivity index (χ0) is 21.1. The molecule has 0 saturated carbocycles. The number of hydrogen-bond acceptors (Lipinski definition) is 3. The third kappa shape index (κ3) is 5.79. The van der Waals surface area contributed by atoms with Gasteiger partial charge >= 0.3 is 0 Å². The van der Waals surface area contributed by atoms with E-state index in [1.165, 1.54) is 12.1 Å². The number of halogens is 1. The van der Waals surface area contributed by atoms with Gasteiger partial charge in [-0.2, -0.15) is 0 Å². The molecule has 0 fully saturated rings. The molecule has 0 bridgehead atoms. The minimum atomic E-state index is -3.64. The van der Waals surface area contributed by atoms with Crippen LogP contribution in [0.3, 0.4) is 0 Å². The molecule has 2 aromatic carbocycles. The van der Waals surface area contributed by atoms with Crippen molar-refractivity contribution < 1.29 is 17.6 Å². The molecule has 0 heterocycles. The van der Waals surface area contributed by atoms with E-state index in [4.69, 9.17) is 0 Å². The molecule has 0 spiro atoms. The van der Waals surface area contributed by atoms with Crippen molar-refractivity contribution in [2.75, 3.05) is 17.1 Å². The molecule has 7 heteroatoms. The van der Waals surface area contributed by atoms with Gasteiger partial charge in [-0.25, -0.2) is 12.8 Å². The molecule has 0 aliphatic heterocycles. The second-order valence-electron chi connectivity index (χ2n) is 7.91. The van der Waals surface area contributed by atoms with E-state index in [-0.39, 0.29) is 23.8 Å². The van der Waals surface area contributed by atoms with Gasteiger partial charge < -0.3 is 5.32 Å². The Labute approximate surface area is 166 Å². The molecule has 0 aliphatic carbocycles. The van der Waals surface area contributed by atoms with Crippen molar-refractivity contribution >= 4 is 21.6 Å². The van der Waals surface area contributed by atoms with Crippen LogP contribution in [-0.2, 0) is 20.2 Å². The van der Waals surface area contributed by atoms with Gasteiger partial charge in [0.1, 0.15) is 12.4 Å². The van der Waals surface area contributed by atoms with Gasteiger partial charge in [0.25, 0.3) is 0 Å². The maximum atomic E-state index is 13.0. The number of sulfonamides is 1. The first-order valence-electron chi connectivity index (χ1n) is 9.01. The number of carbonyl (C=O) groups is 1. The lowest BCUT2D eigenvalue weighted by Gasteiger charge is -2.25. The molecule has 1 atom stereocenters. The Morgan fingerprint density at radius 1 is 1.07 bits per heavy atom. The summed E-state index contributed by atoms with van der Waals surface area (Å²) in [6.07, 6.45) is 1.07. The molecule has 2 aromatic rings. The molecule has 0 aromatic heterocycles. The van der Waals surface area contributed by atoms with Crippen molar-refractivity contribution in [3.05, 3.63) is 65.5 Å². The zero-order valence-corrected chi connectivity index (χ0v) is 17.7. The Balaban J connectivity index is 2.16. The van der Waals surface area contributed by atoms with Gasteiger partial charge in [-0.05, 0) is 47.7 Å². The zero-order valence-electron chi connectivity index (χ0n) is 16.9. The Morgan fingerprint density at radius 3 is 2.07 bits per heavy atom. The maximum absolute atomic E-state index is 13.0. The van der Waals surface area contributed by atoms with E-state index >= 15 is 0 Å². The standard InChI is InChI=1S/C21H27FN2O3S/c1-15(16-6-10-18(22)11-7-16)23-20(25)14-24(28(5,26)27)19-12-8-17(9-13-19)21(2,3)4/h6-13,15H,14H2,1-5H3,(H,23,25)/t15-/m0/s1. The highest BCUT2D eigenvalue weighted by molar-refractivity contribution is 7.92. The summed E-state index contributed by atoms with van der Waals surface area (Å²) in [5.74, 6) is -0.800. The molecule has 0 aliphatic rings. The van der Waals surface area contributed by atoms with Crippen LogP contribution in [0.2, 0.25) is 0 Å². The van der Waals surface area contributed by atoms with Gasteiger partial charge in [-0.3, -0.25) is 9.10 Å². The van der Waals surface area contributed by atoms with Crippen LogP contribution >= 0.6 is 0 Å². The van der Waals surface area contributed by atoms with Crippen LogP contribution < -0.4 is 9.62 Å². The molecule has 28 heavy (non-hydrogen) atoms. The van der Waals surface area contributed by atoms with E-state index in [2.05, 4.69) is 26.1 Å². The monoisotopic (exact) mass is 406 g/mol. The molecule has 152 valence electrons. The maximum Gasteiger partial charge on any atom is 0.241 e. The van der Waals surface area contributed by atoms with Crippen LogP contribution in [0.5, 0.6) is 0 Å². The highest BCUT2D eigenvalue weighted by Gasteiger charge is 2.23. The third-order valence-corrected chi connectivity index (χ3v) is 5.60. The predicted molar refractivity (Wildman–Crippen MR) is 110 cm³/mol. The van der Waals surface area contributed by atoms with Gasteiger partial charge in [0.2, 0.25) is 15.9 Å². The summed E-state index contributed by atoms with van der Waals surface area (Å²) in [6.45, 7) is 7.63. The SMILES string of the molecule is C[C@H](NC(=O)CN(c1ccc(C(C)(C)C)cc1)S(C)(=O)=O)c1ccc(F)cc1. The van der Waals surface area contributed by atoms with Gasteiger partial charge in [-0.1, -0.05) is 45.0 Å². The van der Waals surface area contributed by atoms with Crippen molar-refractivity contribution in [3.8, 4) is 0 Å². The van der Waals surface area contributed by atoms with Crippen molar-refractivity contribution in [1.29, 1.82) is 0 Å². The first kappa shape index (κ1) is 21.9. The van der Waals surface area contributed by atoms with E-state index in [1.807, 2.05) is 12.1 Å². The van der Waals surface area contributed by atoms with Crippen LogP contribution in [0.25, 0.3) is 0 Å². The summed E-state index contributed by atoms with van der Waals surface area (Å²) in [5, 5.41) is 2.76. The van der Waals surface area contributed by atoms with Crippen LogP contribution in [-0.4, -0.2) is 27.1 Å². The summed E-state index contributed by atoms with van der Waals surface area (Å²) >= 11 is 0. The van der Waals surface area contributed by atoms with E-state index in [0.717, 1.165) is 21.7 Å². The lowest BCUT2D eigenvalue weighted by atomic mass is 9.87. The second kappa shape index (κ2) is 8.31. The normalized spacial score (nSPS) is 13.1. The number of rotatable bonds is 6. The van der Waals surface area contributed by atoms with Crippen molar-refractivity contribution in [1.82, 2.24) is 5.32 Å².